The number of ketones is 1. The predicted molar refractivity (Wildman–Crippen MR) is 143 cm³/mol. The minimum atomic E-state index is -1.35. The average Bonchev–Trinajstić information content (AvgIpc) is 3.29. The Hall–Kier alpha value is -2.38. The van der Waals surface area contributed by atoms with Gasteiger partial charge in [-0.1, -0.05) is 42.4 Å². The molecule has 1 aromatic carbocycles. The number of aromatic nitrogens is 2. The van der Waals surface area contributed by atoms with E-state index in [-0.39, 0.29) is 12.4 Å². The van der Waals surface area contributed by atoms with E-state index in [0.717, 1.165) is 67.0 Å². The smallest absolute Gasteiger partial charge is 0.273 e. The number of hydrogen-bond acceptors (Lipinski definition) is 6. The molecule has 0 saturated heterocycles. The lowest BCUT2D eigenvalue weighted by Crippen LogP contribution is -2.32. The van der Waals surface area contributed by atoms with E-state index in [9.17, 15) is 9.18 Å². The summed E-state index contributed by atoms with van der Waals surface area (Å²) in [4.78, 5) is 25.9. The minimum Gasteiger partial charge on any atom is -0.467 e. The Morgan fingerprint density at radius 1 is 1.17 bits per heavy atom. The molecule has 7 heteroatoms. The number of carbonyl (C=O) groups excluding carboxylic acids is 1. The number of halogens is 1. The number of nitrogens with zero attached hydrogens (tertiary/aromatic N) is 3. The van der Waals surface area contributed by atoms with Crippen LogP contribution in [0.4, 0.5) is 4.39 Å². The summed E-state index contributed by atoms with van der Waals surface area (Å²) >= 11 is 1.57. The van der Waals surface area contributed by atoms with E-state index in [1.165, 1.54) is 38.0 Å². The maximum Gasteiger partial charge on any atom is 0.273 e. The number of rotatable bonds is 9. The fourth-order valence-electron chi connectivity index (χ4n) is 5.52. The summed E-state index contributed by atoms with van der Waals surface area (Å²) in [7, 11) is 0. The van der Waals surface area contributed by atoms with Crippen molar-refractivity contribution in [1.29, 1.82) is 0 Å². The summed E-state index contributed by atoms with van der Waals surface area (Å²) < 4.78 is 19.3. The average molecular weight is 510 g/mol. The Morgan fingerprint density at radius 3 is 2.78 bits per heavy atom. The third-order valence-corrected chi connectivity index (χ3v) is 8.64. The molecule has 192 valence electrons. The first-order valence-corrected chi connectivity index (χ1v) is 14.1. The second-order valence-corrected chi connectivity index (χ2v) is 12.1. The van der Waals surface area contributed by atoms with Crippen molar-refractivity contribution in [2.24, 2.45) is 11.8 Å². The molecule has 1 fully saturated rings. The number of pyridine rings is 1. The van der Waals surface area contributed by atoms with Gasteiger partial charge in [0.05, 0.1) is 11.2 Å². The Balaban J connectivity index is 1.06. The molecule has 3 heterocycles. The molecule has 0 amide bonds. The normalized spacial score (nSPS) is 20.9. The fourth-order valence-corrected chi connectivity index (χ4v) is 6.43. The summed E-state index contributed by atoms with van der Waals surface area (Å²) in [6, 6.07) is 9.76. The Labute approximate surface area is 217 Å². The van der Waals surface area contributed by atoms with Crippen LogP contribution in [0.1, 0.15) is 73.3 Å². The number of alkyl halides is 1. The first kappa shape index (κ1) is 25.3. The van der Waals surface area contributed by atoms with Crippen LogP contribution in [0, 0.1) is 11.8 Å². The van der Waals surface area contributed by atoms with Crippen LogP contribution in [0.5, 0.6) is 5.19 Å². The van der Waals surface area contributed by atoms with Crippen LogP contribution in [0.3, 0.4) is 0 Å². The highest BCUT2D eigenvalue weighted by molar-refractivity contribution is 7.13. The van der Waals surface area contributed by atoms with Crippen molar-refractivity contribution < 1.29 is 13.9 Å². The SMILES string of the molecule is CC(C)(F)COc1nc2c(s1)CCN(CCC1CCC(CC(=O)c3cccc4ncccc34)CC1)C2. The highest BCUT2D eigenvalue weighted by Gasteiger charge is 2.27. The van der Waals surface area contributed by atoms with Gasteiger partial charge in [-0.3, -0.25) is 14.7 Å². The molecule has 0 radical (unpaired) electrons. The van der Waals surface area contributed by atoms with Crippen LogP contribution >= 0.6 is 11.3 Å². The summed E-state index contributed by atoms with van der Waals surface area (Å²) in [6.07, 6.45) is 9.32. The van der Waals surface area contributed by atoms with Gasteiger partial charge in [-0.2, -0.15) is 0 Å². The van der Waals surface area contributed by atoms with Crippen molar-refractivity contribution in [3.05, 3.63) is 52.7 Å². The van der Waals surface area contributed by atoms with Gasteiger partial charge in [0, 0.05) is 41.5 Å². The minimum absolute atomic E-state index is 0.0382. The molecule has 0 bridgehead atoms. The van der Waals surface area contributed by atoms with Crippen LogP contribution < -0.4 is 4.74 Å². The van der Waals surface area contributed by atoms with Gasteiger partial charge in [0.1, 0.15) is 12.3 Å². The molecule has 0 atom stereocenters. The number of fused-ring (bicyclic) bond motifs is 2. The summed E-state index contributed by atoms with van der Waals surface area (Å²) in [6.45, 7) is 6.08. The van der Waals surface area contributed by atoms with Crippen molar-refractivity contribution >= 4 is 28.0 Å². The Kier molecular flexibility index (Phi) is 7.68. The van der Waals surface area contributed by atoms with Gasteiger partial charge in [-0.05, 0) is 70.0 Å². The van der Waals surface area contributed by atoms with Gasteiger partial charge in [0.2, 0.25) is 0 Å². The van der Waals surface area contributed by atoms with Crippen LogP contribution in [0.15, 0.2) is 36.5 Å². The number of benzene rings is 1. The number of carbonyl (C=O) groups is 1. The molecule has 1 saturated carbocycles. The molecule has 0 N–H and O–H groups in total. The maximum atomic E-state index is 13.7. The zero-order valence-electron chi connectivity index (χ0n) is 21.3. The van der Waals surface area contributed by atoms with E-state index >= 15 is 0 Å². The summed E-state index contributed by atoms with van der Waals surface area (Å²) in [5.74, 6) is 1.48. The molecule has 2 aromatic heterocycles. The van der Waals surface area contributed by atoms with Gasteiger partial charge < -0.3 is 4.74 Å². The molecule has 1 aliphatic carbocycles. The largest absolute Gasteiger partial charge is 0.467 e. The van der Waals surface area contributed by atoms with Crippen LogP contribution in [0.2, 0.25) is 0 Å². The number of thiazole rings is 1. The summed E-state index contributed by atoms with van der Waals surface area (Å²) in [5, 5.41) is 1.56. The topological polar surface area (TPSA) is 55.3 Å². The molecular formula is C29H36FN3O2S. The zero-order chi connectivity index (χ0) is 25.1. The third-order valence-electron chi connectivity index (χ3n) is 7.57. The third kappa shape index (κ3) is 6.30. The van der Waals surface area contributed by atoms with E-state index in [2.05, 4.69) is 14.9 Å². The highest BCUT2D eigenvalue weighted by Crippen LogP contribution is 2.35. The van der Waals surface area contributed by atoms with Gasteiger partial charge in [0.25, 0.3) is 5.19 Å². The van der Waals surface area contributed by atoms with E-state index in [4.69, 9.17) is 4.74 Å². The van der Waals surface area contributed by atoms with Crippen LogP contribution in [-0.2, 0) is 13.0 Å². The zero-order valence-corrected chi connectivity index (χ0v) is 22.2. The van der Waals surface area contributed by atoms with E-state index in [0.29, 0.717) is 17.5 Å². The fraction of sp³-hybridized carbons (Fsp3) is 0.552. The van der Waals surface area contributed by atoms with E-state index in [1.54, 1.807) is 17.5 Å². The molecular weight excluding hydrogens is 473 g/mol. The van der Waals surface area contributed by atoms with Gasteiger partial charge >= 0.3 is 0 Å². The van der Waals surface area contributed by atoms with Crippen LogP contribution in [-0.4, -0.2) is 46.0 Å². The van der Waals surface area contributed by atoms with Crippen LogP contribution in [0.25, 0.3) is 10.9 Å². The van der Waals surface area contributed by atoms with Gasteiger partial charge in [-0.25, -0.2) is 9.37 Å². The molecule has 0 spiro atoms. The summed E-state index contributed by atoms with van der Waals surface area (Å²) in [5.41, 5.74) is 1.46. The van der Waals surface area contributed by atoms with Crippen molar-refractivity contribution in [1.82, 2.24) is 14.9 Å². The van der Waals surface area contributed by atoms with Crippen molar-refractivity contribution in [2.75, 3.05) is 19.7 Å². The quantitative estimate of drug-likeness (QED) is 0.303. The predicted octanol–water partition coefficient (Wildman–Crippen LogP) is 6.65. The van der Waals surface area contributed by atoms with Crippen molar-refractivity contribution in [2.45, 2.75) is 71.0 Å². The number of ether oxygens (including phenoxy) is 1. The number of Topliss-reactive ketones (excluding diaryl/α,β-unsaturated/α-hetero) is 1. The second-order valence-electron chi connectivity index (χ2n) is 11.1. The lowest BCUT2D eigenvalue weighted by Gasteiger charge is -2.31. The van der Waals surface area contributed by atoms with E-state index < -0.39 is 5.67 Å². The van der Waals surface area contributed by atoms with Crippen molar-refractivity contribution in [3.63, 3.8) is 0 Å². The monoisotopic (exact) mass is 509 g/mol. The number of hydrogen-bond donors (Lipinski definition) is 0. The molecule has 3 aromatic rings. The standard InChI is InChI=1S/C29H36FN3O2S/c1-29(2,30)19-35-28-32-25-18-33(16-13-27(25)36-28)15-12-20-8-10-21(11-9-20)17-26(34)23-5-3-7-24-22(23)6-4-14-31-24/h3-7,14,20-21H,8-13,15-19H2,1-2H3. The Morgan fingerprint density at radius 2 is 1.97 bits per heavy atom. The molecule has 1 aliphatic heterocycles. The lowest BCUT2D eigenvalue weighted by atomic mass is 9.78. The van der Waals surface area contributed by atoms with Crippen molar-refractivity contribution in [3.8, 4) is 5.19 Å². The molecule has 36 heavy (non-hydrogen) atoms. The highest BCUT2D eigenvalue weighted by atomic mass is 32.1. The lowest BCUT2D eigenvalue weighted by molar-refractivity contribution is 0.0941. The molecule has 5 rings (SSSR count). The molecule has 0 unspecified atom stereocenters. The first-order chi connectivity index (χ1) is 17.3. The second kappa shape index (κ2) is 10.9. The molecule has 2 aliphatic rings. The van der Waals surface area contributed by atoms with E-state index in [1.807, 2.05) is 30.3 Å². The molecule has 5 nitrogen and oxygen atoms in total. The first-order valence-electron chi connectivity index (χ1n) is 13.2. The van der Waals surface area contributed by atoms with Gasteiger partial charge in [-0.15, -0.1) is 0 Å². The Bertz CT molecular complexity index is 1190. The maximum absolute atomic E-state index is 13.7. The van der Waals surface area contributed by atoms with Gasteiger partial charge in [0.15, 0.2) is 5.78 Å².